The highest BCUT2D eigenvalue weighted by Crippen LogP contribution is 2.25. The molecule has 1 saturated heterocycles. The minimum atomic E-state index is -3.45. The quantitative estimate of drug-likeness (QED) is 0.459. The third-order valence-corrected chi connectivity index (χ3v) is 8.81. The van der Waals surface area contributed by atoms with Crippen LogP contribution in [0.15, 0.2) is 64.5 Å². The number of aryl methyl sites for hydroxylation is 1. The average Bonchev–Trinajstić information content (AvgIpc) is 3.26. The Morgan fingerprint density at radius 2 is 1.79 bits per heavy atom. The Morgan fingerprint density at radius 3 is 2.52 bits per heavy atom. The van der Waals surface area contributed by atoms with Gasteiger partial charge >= 0.3 is 0 Å². The molecule has 0 bridgehead atoms. The van der Waals surface area contributed by atoms with E-state index >= 15 is 0 Å². The van der Waals surface area contributed by atoms with Crippen molar-refractivity contribution in [2.24, 2.45) is 0 Å². The van der Waals surface area contributed by atoms with Crippen LogP contribution in [0.5, 0.6) is 0 Å². The van der Waals surface area contributed by atoms with Crippen LogP contribution in [0, 0.1) is 0 Å². The van der Waals surface area contributed by atoms with Gasteiger partial charge in [0.1, 0.15) is 0 Å². The van der Waals surface area contributed by atoms with E-state index in [9.17, 15) is 13.2 Å². The smallest absolute Gasteiger partial charge is 0.243 e. The maximum absolute atomic E-state index is 13.0. The molecule has 1 aromatic heterocycles. The van der Waals surface area contributed by atoms with Crippen LogP contribution in [0.2, 0.25) is 0 Å². The maximum Gasteiger partial charge on any atom is 0.243 e. The van der Waals surface area contributed by atoms with Crippen molar-refractivity contribution < 1.29 is 13.2 Å². The Kier molecular flexibility index (Phi) is 7.78. The number of nitrogens with zero attached hydrogens (tertiary/aromatic N) is 2. The van der Waals surface area contributed by atoms with E-state index < -0.39 is 10.0 Å². The number of aromatic nitrogens is 1. The van der Waals surface area contributed by atoms with E-state index in [1.54, 1.807) is 28.2 Å². The lowest BCUT2D eigenvalue weighted by molar-refractivity contribution is -0.121. The summed E-state index contributed by atoms with van der Waals surface area (Å²) < 4.78 is 29.5. The van der Waals surface area contributed by atoms with Gasteiger partial charge in [0.2, 0.25) is 15.9 Å². The first-order chi connectivity index (χ1) is 16.0. The van der Waals surface area contributed by atoms with E-state index in [-0.39, 0.29) is 5.91 Å². The second-order valence-corrected chi connectivity index (χ2v) is 11.2. The molecule has 4 rings (SSSR count). The molecule has 2 heterocycles. The molecule has 6 nitrogen and oxygen atoms in total. The molecule has 0 unspecified atom stereocenters. The summed E-state index contributed by atoms with van der Waals surface area (Å²) in [5, 5.41) is 3.87. The summed E-state index contributed by atoms with van der Waals surface area (Å²) in [5.41, 5.74) is 2.15. The molecule has 1 aliphatic rings. The van der Waals surface area contributed by atoms with Crippen molar-refractivity contribution in [1.29, 1.82) is 0 Å². The molecule has 3 aromatic rings. The van der Waals surface area contributed by atoms with Crippen LogP contribution in [-0.4, -0.2) is 49.1 Å². The summed E-state index contributed by atoms with van der Waals surface area (Å²) >= 11 is 1.72. The molecular formula is C25H31N3O3S2. The zero-order chi connectivity index (χ0) is 23.3. The molecule has 0 saturated carbocycles. The van der Waals surface area contributed by atoms with Crippen molar-refractivity contribution in [2.45, 2.75) is 48.4 Å². The van der Waals surface area contributed by atoms with Gasteiger partial charge in [-0.05, 0) is 67.5 Å². The van der Waals surface area contributed by atoms with E-state index in [4.69, 9.17) is 0 Å². The summed E-state index contributed by atoms with van der Waals surface area (Å²) in [4.78, 5) is 13.9. The lowest BCUT2D eigenvalue weighted by Gasteiger charge is -2.25. The van der Waals surface area contributed by atoms with Gasteiger partial charge in [-0.1, -0.05) is 18.6 Å². The number of amides is 1. The van der Waals surface area contributed by atoms with Gasteiger partial charge in [0.25, 0.3) is 0 Å². The number of rotatable bonds is 9. The fourth-order valence-corrected chi connectivity index (χ4v) is 6.20. The number of sulfonamides is 1. The first kappa shape index (κ1) is 23.9. The van der Waals surface area contributed by atoms with Gasteiger partial charge in [-0.25, -0.2) is 8.42 Å². The van der Waals surface area contributed by atoms with Gasteiger partial charge in [-0.15, -0.1) is 11.8 Å². The zero-order valence-electron chi connectivity index (χ0n) is 19.0. The van der Waals surface area contributed by atoms with E-state index in [1.165, 1.54) is 10.5 Å². The largest absolute Gasteiger partial charge is 0.356 e. The highest BCUT2D eigenvalue weighted by Gasteiger charge is 2.26. The summed E-state index contributed by atoms with van der Waals surface area (Å²) in [6.45, 7) is 2.36. The predicted molar refractivity (Wildman–Crippen MR) is 134 cm³/mol. The summed E-state index contributed by atoms with van der Waals surface area (Å²) in [5.74, 6) is 0.0156. The van der Waals surface area contributed by atoms with E-state index in [2.05, 4.69) is 35.8 Å². The lowest BCUT2D eigenvalue weighted by atomic mass is 10.1. The van der Waals surface area contributed by atoms with Crippen molar-refractivity contribution in [2.75, 3.05) is 25.9 Å². The van der Waals surface area contributed by atoms with Gasteiger partial charge in [0, 0.05) is 54.6 Å². The highest BCUT2D eigenvalue weighted by atomic mass is 32.2. The van der Waals surface area contributed by atoms with E-state index in [0.717, 1.165) is 36.6 Å². The number of hydrogen-bond donors (Lipinski definition) is 1. The minimum absolute atomic E-state index is 0.0156. The number of carbonyl (C=O) groups is 1. The Labute approximate surface area is 200 Å². The first-order valence-corrected chi connectivity index (χ1v) is 14.1. The Bertz CT molecular complexity index is 1200. The number of piperidine rings is 1. The number of nitrogens with one attached hydrogen (secondary N) is 1. The highest BCUT2D eigenvalue weighted by molar-refractivity contribution is 7.98. The Hall–Kier alpha value is -2.29. The first-order valence-electron chi connectivity index (χ1n) is 11.5. The number of carbonyl (C=O) groups excluding carboxylic acids is 1. The van der Waals surface area contributed by atoms with Gasteiger partial charge < -0.3 is 9.88 Å². The minimum Gasteiger partial charge on any atom is -0.356 e. The molecule has 1 N–H and O–H groups in total. The molecular weight excluding hydrogens is 454 g/mol. The van der Waals surface area contributed by atoms with Crippen LogP contribution in [0.25, 0.3) is 10.9 Å². The Balaban J connectivity index is 1.31. The van der Waals surface area contributed by atoms with Crippen LogP contribution in [0.4, 0.5) is 0 Å². The Morgan fingerprint density at radius 1 is 1.03 bits per heavy atom. The molecule has 1 fully saturated rings. The van der Waals surface area contributed by atoms with Crippen molar-refractivity contribution in [3.05, 3.63) is 60.3 Å². The number of hydrogen-bond acceptors (Lipinski definition) is 4. The normalized spacial score (nSPS) is 15.1. The van der Waals surface area contributed by atoms with Gasteiger partial charge in [0.05, 0.1) is 4.90 Å². The third kappa shape index (κ3) is 5.80. The van der Waals surface area contributed by atoms with Crippen molar-refractivity contribution in [1.82, 2.24) is 14.2 Å². The van der Waals surface area contributed by atoms with Crippen molar-refractivity contribution in [3.8, 4) is 0 Å². The molecule has 1 amide bonds. The van der Waals surface area contributed by atoms with Crippen LogP contribution in [-0.2, 0) is 27.8 Å². The summed E-state index contributed by atoms with van der Waals surface area (Å²) in [7, 11) is -3.45. The molecule has 8 heteroatoms. The molecule has 0 spiro atoms. The molecule has 2 aromatic carbocycles. The van der Waals surface area contributed by atoms with Crippen LogP contribution >= 0.6 is 11.8 Å². The van der Waals surface area contributed by atoms with E-state index in [0.29, 0.717) is 37.5 Å². The monoisotopic (exact) mass is 485 g/mol. The summed E-state index contributed by atoms with van der Waals surface area (Å²) in [6, 6.07) is 15.6. The topological polar surface area (TPSA) is 71.4 Å². The molecule has 0 radical (unpaired) electrons. The molecule has 33 heavy (non-hydrogen) atoms. The third-order valence-electron chi connectivity index (χ3n) is 6.17. The second-order valence-electron chi connectivity index (χ2n) is 8.39. The standard InChI is InChI=1S/C25H31N3O3S2/c1-32-22-7-5-20(6-8-22)11-14-26-25(29)13-18-27-17-12-21-19-23(9-10-24(21)27)33(30,31)28-15-3-2-4-16-28/h5-10,12,17,19H,2-4,11,13-16,18H2,1H3,(H,26,29). The fourth-order valence-electron chi connectivity index (χ4n) is 4.24. The van der Waals surface area contributed by atoms with Crippen molar-refractivity contribution >= 4 is 38.6 Å². The molecule has 176 valence electrons. The number of benzene rings is 2. The fraction of sp³-hybridized carbons (Fsp3) is 0.400. The maximum atomic E-state index is 13.0. The van der Waals surface area contributed by atoms with Gasteiger partial charge in [-0.2, -0.15) is 4.31 Å². The van der Waals surface area contributed by atoms with Crippen LogP contribution in [0.3, 0.4) is 0 Å². The SMILES string of the molecule is CSc1ccc(CCNC(=O)CCn2ccc3cc(S(=O)(=O)N4CCCCC4)ccc32)cc1. The predicted octanol–water partition coefficient (Wildman–Crippen LogP) is 4.29. The van der Waals surface area contributed by atoms with Crippen LogP contribution in [0.1, 0.15) is 31.2 Å². The van der Waals surface area contributed by atoms with E-state index in [1.807, 2.05) is 22.9 Å². The number of fused-ring (bicyclic) bond motifs is 1. The number of thioether (sulfide) groups is 1. The van der Waals surface area contributed by atoms with Crippen molar-refractivity contribution in [3.63, 3.8) is 0 Å². The van der Waals surface area contributed by atoms with Gasteiger partial charge in [-0.3, -0.25) is 4.79 Å². The molecule has 1 aliphatic heterocycles. The zero-order valence-corrected chi connectivity index (χ0v) is 20.6. The molecule has 0 atom stereocenters. The van der Waals surface area contributed by atoms with Crippen LogP contribution < -0.4 is 5.32 Å². The lowest BCUT2D eigenvalue weighted by Crippen LogP contribution is -2.35. The summed E-state index contributed by atoms with van der Waals surface area (Å²) in [6.07, 6.45) is 8.09. The van der Waals surface area contributed by atoms with Gasteiger partial charge in [0.15, 0.2) is 0 Å². The second kappa shape index (κ2) is 10.8. The average molecular weight is 486 g/mol. The molecule has 0 aliphatic carbocycles.